The molecule has 0 heterocycles. The molecule has 0 saturated heterocycles. The molecule has 0 amide bonds. The van der Waals surface area contributed by atoms with Gasteiger partial charge in [0, 0.05) is 25.4 Å². The maximum atomic E-state index is 4.08. The maximum absolute atomic E-state index is 4.08. The van der Waals surface area contributed by atoms with Crippen LogP contribution in [0.15, 0.2) is 0 Å². The van der Waals surface area contributed by atoms with Crippen molar-refractivity contribution in [2.45, 2.75) is 13.3 Å². The van der Waals surface area contributed by atoms with Crippen LogP contribution in [-0.4, -0.2) is 31.9 Å². The summed E-state index contributed by atoms with van der Waals surface area (Å²) in [5.41, 5.74) is 0. The van der Waals surface area contributed by atoms with Gasteiger partial charge in [0.1, 0.15) is 0 Å². The quantitative estimate of drug-likeness (QED) is 0.375. The normalized spacial score (nSPS) is 10.2. The fourth-order valence-electron chi connectivity index (χ4n) is 0.683. The SMILES string of the molecule is CCCNCCNCCS. The van der Waals surface area contributed by atoms with Crippen molar-refractivity contribution in [3.8, 4) is 0 Å². The van der Waals surface area contributed by atoms with Crippen LogP contribution in [0.1, 0.15) is 13.3 Å². The van der Waals surface area contributed by atoms with E-state index in [0.717, 1.165) is 31.9 Å². The molecular formula is C7H18N2S. The second-order valence-corrected chi connectivity index (χ2v) is 2.67. The Hall–Kier alpha value is 0.270. The average Bonchev–Trinajstić information content (AvgIpc) is 1.97. The molecule has 0 aliphatic heterocycles. The zero-order valence-corrected chi connectivity index (χ0v) is 7.58. The standard InChI is InChI=1S/C7H18N2S/c1-2-3-8-4-5-9-6-7-10/h8-10H,2-7H2,1H3. The van der Waals surface area contributed by atoms with Crippen molar-refractivity contribution < 1.29 is 0 Å². The van der Waals surface area contributed by atoms with Crippen LogP contribution in [-0.2, 0) is 0 Å². The van der Waals surface area contributed by atoms with Crippen LogP contribution in [0.2, 0.25) is 0 Å². The molecule has 0 rings (SSSR count). The van der Waals surface area contributed by atoms with Gasteiger partial charge in [-0.2, -0.15) is 12.6 Å². The monoisotopic (exact) mass is 162 g/mol. The van der Waals surface area contributed by atoms with Crippen molar-refractivity contribution in [2.24, 2.45) is 0 Å². The molecule has 2 N–H and O–H groups in total. The first-order valence-corrected chi connectivity index (χ1v) is 4.57. The van der Waals surface area contributed by atoms with Crippen molar-refractivity contribution in [2.75, 3.05) is 31.9 Å². The van der Waals surface area contributed by atoms with E-state index in [4.69, 9.17) is 0 Å². The van der Waals surface area contributed by atoms with Crippen molar-refractivity contribution >= 4 is 12.6 Å². The minimum absolute atomic E-state index is 0.924. The first kappa shape index (κ1) is 10.3. The van der Waals surface area contributed by atoms with E-state index in [1.165, 1.54) is 6.42 Å². The first-order valence-electron chi connectivity index (χ1n) is 3.94. The predicted molar refractivity (Wildman–Crippen MR) is 49.9 cm³/mol. The second-order valence-electron chi connectivity index (χ2n) is 2.22. The number of thiol groups is 1. The number of hydrogen-bond donors (Lipinski definition) is 3. The van der Waals surface area contributed by atoms with Gasteiger partial charge in [-0.15, -0.1) is 0 Å². The zero-order chi connectivity index (χ0) is 7.66. The van der Waals surface area contributed by atoms with Crippen molar-refractivity contribution in [3.05, 3.63) is 0 Å². The molecule has 0 aromatic carbocycles. The van der Waals surface area contributed by atoms with E-state index in [9.17, 15) is 0 Å². The summed E-state index contributed by atoms with van der Waals surface area (Å²) in [5.74, 6) is 0.924. The highest BCUT2D eigenvalue weighted by atomic mass is 32.1. The number of hydrogen-bond acceptors (Lipinski definition) is 3. The van der Waals surface area contributed by atoms with Gasteiger partial charge in [0.15, 0.2) is 0 Å². The molecule has 0 aliphatic rings. The van der Waals surface area contributed by atoms with Crippen LogP contribution >= 0.6 is 12.6 Å². The summed E-state index contributed by atoms with van der Waals surface area (Å²) in [6.45, 7) is 6.44. The minimum atomic E-state index is 0.924. The molecule has 0 atom stereocenters. The van der Waals surface area contributed by atoms with Gasteiger partial charge in [-0.3, -0.25) is 0 Å². The van der Waals surface area contributed by atoms with Gasteiger partial charge in [-0.1, -0.05) is 6.92 Å². The summed E-state index contributed by atoms with van der Waals surface area (Å²) in [5, 5.41) is 6.56. The molecule has 10 heavy (non-hydrogen) atoms. The molecule has 0 aliphatic carbocycles. The third-order valence-corrected chi connectivity index (χ3v) is 1.42. The molecule has 0 saturated carbocycles. The lowest BCUT2D eigenvalue weighted by Crippen LogP contribution is -2.28. The molecular weight excluding hydrogens is 144 g/mol. The minimum Gasteiger partial charge on any atom is -0.315 e. The molecule has 3 heteroatoms. The third kappa shape index (κ3) is 8.27. The van der Waals surface area contributed by atoms with Gasteiger partial charge < -0.3 is 10.6 Å². The van der Waals surface area contributed by atoms with E-state index in [2.05, 4.69) is 30.2 Å². The lowest BCUT2D eigenvalue weighted by atomic mass is 10.5. The molecule has 2 nitrogen and oxygen atoms in total. The predicted octanol–water partition coefficient (Wildman–Crippen LogP) is 0.505. The number of nitrogens with one attached hydrogen (secondary N) is 2. The van der Waals surface area contributed by atoms with Crippen LogP contribution < -0.4 is 10.6 Å². The molecule has 0 fully saturated rings. The van der Waals surface area contributed by atoms with E-state index in [1.807, 2.05) is 0 Å². The van der Waals surface area contributed by atoms with Crippen LogP contribution in [0, 0.1) is 0 Å². The Morgan fingerprint density at radius 3 is 2.10 bits per heavy atom. The zero-order valence-electron chi connectivity index (χ0n) is 6.69. The van der Waals surface area contributed by atoms with Crippen molar-refractivity contribution in [1.29, 1.82) is 0 Å². The van der Waals surface area contributed by atoms with E-state index in [-0.39, 0.29) is 0 Å². The van der Waals surface area contributed by atoms with Crippen molar-refractivity contribution in [3.63, 3.8) is 0 Å². The fourth-order valence-corrected chi connectivity index (χ4v) is 0.841. The van der Waals surface area contributed by atoms with E-state index in [1.54, 1.807) is 0 Å². The highest BCUT2D eigenvalue weighted by molar-refractivity contribution is 7.80. The Balaban J connectivity index is 2.65. The molecule has 0 radical (unpaired) electrons. The van der Waals surface area contributed by atoms with Gasteiger partial charge in [0.05, 0.1) is 0 Å². The first-order chi connectivity index (χ1) is 4.91. The summed E-state index contributed by atoms with van der Waals surface area (Å²) in [6.07, 6.45) is 1.21. The van der Waals surface area contributed by atoms with Gasteiger partial charge in [0.25, 0.3) is 0 Å². The molecule has 0 aromatic rings. The highest BCUT2D eigenvalue weighted by Crippen LogP contribution is 1.69. The van der Waals surface area contributed by atoms with Crippen molar-refractivity contribution in [1.82, 2.24) is 10.6 Å². The lowest BCUT2D eigenvalue weighted by molar-refractivity contribution is 0.621. The van der Waals surface area contributed by atoms with Gasteiger partial charge in [-0.05, 0) is 13.0 Å². The maximum Gasteiger partial charge on any atom is 0.00770 e. The smallest absolute Gasteiger partial charge is 0.00770 e. The lowest BCUT2D eigenvalue weighted by Gasteiger charge is -2.02. The molecule has 0 aromatic heterocycles. The van der Waals surface area contributed by atoms with Gasteiger partial charge in [-0.25, -0.2) is 0 Å². The highest BCUT2D eigenvalue weighted by Gasteiger charge is 1.83. The Labute approximate surface area is 69.2 Å². The van der Waals surface area contributed by atoms with E-state index < -0.39 is 0 Å². The molecule has 0 unspecified atom stereocenters. The Morgan fingerprint density at radius 1 is 1.00 bits per heavy atom. The molecule has 62 valence electrons. The number of rotatable bonds is 7. The molecule has 0 bridgehead atoms. The summed E-state index contributed by atoms with van der Waals surface area (Å²) in [7, 11) is 0. The summed E-state index contributed by atoms with van der Waals surface area (Å²) >= 11 is 4.08. The topological polar surface area (TPSA) is 24.1 Å². The van der Waals surface area contributed by atoms with Crippen LogP contribution in [0.25, 0.3) is 0 Å². The van der Waals surface area contributed by atoms with Crippen LogP contribution in [0.3, 0.4) is 0 Å². The Morgan fingerprint density at radius 2 is 1.60 bits per heavy atom. The van der Waals surface area contributed by atoms with E-state index in [0.29, 0.717) is 0 Å². The van der Waals surface area contributed by atoms with E-state index >= 15 is 0 Å². The Bertz CT molecular complexity index is 51.6. The van der Waals surface area contributed by atoms with Gasteiger partial charge >= 0.3 is 0 Å². The summed E-state index contributed by atoms with van der Waals surface area (Å²) in [6, 6.07) is 0. The summed E-state index contributed by atoms with van der Waals surface area (Å²) in [4.78, 5) is 0. The Kier molecular flexibility index (Phi) is 9.52. The second kappa shape index (κ2) is 9.27. The van der Waals surface area contributed by atoms with Crippen LogP contribution in [0.5, 0.6) is 0 Å². The molecule has 0 spiro atoms. The largest absolute Gasteiger partial charge is 0.315 e. The van der Waals surface area contributed by atoms with Crippen LogP contribution in [0.4, 0.5) is 0 Å². The fraction of sp³-hybridized carbons (Fsp3) is 1.00. The third-order valence-electron chi connectivity index (χ3n) is 1.19. The summed E-state index contributed by atoms with van der Waals surface area (Å²) < 4.78 is 0. The average molecular weight is 162 g/mol. The van der Waals surface area contributed by atoms with Gasteiger partial charge in [0.2, 0.25) is 0 Å².